The van der Waals surface area contributed by atoms with Crippen molar-refractivity contribution in [1.82, 2.24) is 9.29 Å². The molecule has 1 aromatic heterocycles. The zero-order chi connectivity index (χ0) is 14.8. The maximum Gasteiger partial charge on any atom is 0.263 e. The zero-order valence-electron chi connectivity index (χ0n) is 11.9. The van der Waals surface area contributed by atoms with Crippen LogP contribution in [0.4, 0.5) is 4.39 Å². The van der Waals surface area contributed by atoms with E-state index in [1.807, 2.05) is 0 Å². The third-order valence-corrected chi connectivity index (χ3v) is 5.82. The Morgan fingerprint density at radius 2 is 2.10 bits per heavy atom. The summed E-state index contributed by atoms with van der Waals surface area (Å²) in [6.45, 7) is 5.21. The van der Waals surface area contributed by atoms with Crippen molar-refractivity contribution in [2.45, 2.75) is 38.1 Å². The summed E-state index contributed by atoms with van der Waals surface area (Å²) >= 11 is 0. The highest BCUT2D eigenvalue weighted by Gasteiger charge is 2.31. The molecule has 0 bridgehead atoms. The molecule has 0 aromatic carbocycles. The highest BCUT2D eigenvalue weighted by Crippen LogP contribution is 2.27. The van der Waals surface area contributed by atoms with Gasteiger partial charge in [0, 0.05) is 19.3 Å². The lowest BCUT2D eigenvalue weighted by atomic mass is 9.89. The molecule has 1 aliphatic rings. The average molecular weight is 300 g/mol. The summed E-state index contributed by atoms with van der Waals surface area (Å²) in [5, 5.41) is -0.456. The van der Waals surface area contributed by atoms with Gasteiger partial charge in [-0.15, -0.1) is 0 Å². The first-order chi connectivity index (χ1) is 9.43. The van der Waals surface area contributed by atoms with E-state index in [0.717, 1.165) is 25.3 Å². The molecule has 0 saturated carbocycles. The maximum atomic E-state index is 13.7. The van der Waals surface area contributed by atoms with E-state index in [0.29, 0.717) is 24.9 Å². The Labute approximate surface area is 120 Å². The molecule has 1 atom stereocenters. The lowest BCUT2D eigenvalue weighted by Gasteiger charge is -2.20. The van der Waals surface area contributed by atoms with Gasteiger partial charge in [0.05, 0.1) is 0 Å². The average Bonchev–Trinajstić information content (AvgIpc) is 2.65. The Bertz CT molecular complexity index is 560. The first kappa shape index (κ1) is 15.4. The number of halogens is 1. The molecule has 1 fully saturated rings. The number of aromatic nitrogens is 1. The van der Waals surface area contributed by atoms with E-state index >= 15 is 0 Å². The van der Waals surface area contributed by atoms with Gasteiger partial charge in [0.2, 0.25) is 5.03 Å². The van der Waals surface area contributed by atoms with Gasteiger partial charge in [0.25, 0.3) is 10.0 Å². The largest absolute Gasteiger partial charge is 0.263 e. The fourth-order valence-electron chi connectivity index (χ4n) is 2.69. The highest BCUT2D eigenvalue weighted by molar-refractivity contribution is 7.89. The highest BCUT2D eigenvalue weighted by atomic mass is 32.2. The van der Waals surface area contributed by atoms with Crippen LogP contribution in [0.5, 0.6) is 0 Å². The quantitative estimate of drug-likeness (QED) is 0.862. The van der Waals surface area contributed by atoms with Crippen molar-refractivity contribution in [2.24, 2.45) is 11.8 Å². The number of sulfonamides is 1. The fraction of sp³-hybridized carbons (Fsp3) is 0.643. The van der Waals surface area contributed by atoms with E-state index in [1.54, 1.807) is 0 Å². The number of hydrogen-bond acceptors (Lipinski definition) is 3. The second-order valence-corrected chi connectivity index (χ2v) is 7.48. The Kier molecular flexibility index (Phi) is 4.75. The van der Waals surface area contributed by atoms with E-state index in [4.69, 9.17) is 0 Å². The van der Waals surface area contributed by atoms with Gasteiger partial charge < -0.3 is 0 Å². The van der Waals surface area contributed by atoms with Crippen molar-refractivity contribution in [3.8, 4) is 0 Å². The molecule has 1 saturated heterocycles. The minimum absolute atomic E-state index is 0.446. The molecular weight excluding hydrogens is 279 g/mol. The molecule has 1 aliphatic heterocycles. The SMILES string of the molecule is CC(C)C1CCCN(S(=O)(=O)c2ncccc2F)CC1. The maximum absolute atomic E-state index is 13.7. The smallest absolute Gasteiger partial charge is 0.241 e. The molecule has 2 heterocycles. The van der Waals surface area contributed by atoms with Crippen molar-refractivity contribution < 1.29 is 12.8 Å². The minimum Gasteiger partial charge on any atom is -0.241 e. The number of nitrogens with zero attached hydrogens (tertiary/aromatic N) is 2. The molecule has 1 aromatic rings. The molecule has 1 unspecified atom stereocenters. The predicted molar refractivity (Wildman–Crippen MR) is 75.1 cm³/mol. The van der Waals surface area contributed by atoms with Crippen molar-refractivity contribution in [2.75, 3.05) is 13.1 Å². The second-order valence-electron chi connectivity index (χ2n) is 5.63. The zero-order valence-corrected chi connectivity index (χ0v) is 12.7. The standard InChI is InChI=1S/C14H21FN2O2S/c1-11(2)12-5-4-9-17(10-7-12)20(18,19)14-13(15)6-3-8-16-14/h3,6,8,11-12H,4-5,7,9-10H2,1-2H3. The molecule has 2 rings (SSSR count). The van der Waals surface area contributed by atoms with Gasteiger partial charge in [0.1, 0.15) is 0 Å². The van der Waals surface area contributed by atoms with Crippen LogP contribution in [0, 0.1) is 17.7 Å². The van der Waals surface area contributed by atoms with Crippen molar-refractivity contribution in [3.05, 3.63) is 24.1 Å². The Balaban J connectivity index is 2.21. The number of hydrogen-bond donors (Lipinski definition) is 0. The van der Waals surface area contributed by atoms with E-state index in [1.165, 1.54) is 16.6 Å². The van der Waals surface area contributed by atoms with Gasteiger partial charge in [-0.2, -0.15) is 4.31 Å². The van der Waals surface area contributed by atoms with Gasteiger partial charge in [-0.25, -0.2) is 17.8 Å². The van der Waals surface area contributed by atoms with Gasteiger partial charge in [-0.05, 0) is 43.2 Å². The molecule has 4 nitrogen and oxygen atoms in total. The van der Waals surface area contributed by atoms with Crippen LogP contribution < -0.4 is 0 Å². The molecule has 0 aliphatic carbocycles. The number of pyridine rings is 1. The Hall–Kier alpha value is -1.01. The summed E-state index contributed by atoms with van der Waals surface area (Å²) < 4.78 is 40.0. The van der Waals surface area contributed by atoms with Crippen LogP contribution in [0.2, 0.25) is 0 Å². The van der Waals surface area contributed by atoms with Gasteiger partial charge >= 0.3 is 0 Å². The van der Waals surface area contributed by atoms with Gasteiger partial charge in [0.15, 0.2) is 5.82 Å². The van der Waals surface area contributed by atoms with Gasteiger partial charge in [-0.1, -0.05) is 13.8 Å². The lowest BCUT2D eigenvalue weighted by Crippen LogP contribution is -2.33. The van der Waals surface area contributed by atoms with Crippen LogP contribution in [-0.2, 0) is 10.0 Å². The predicted octanol–water partition coefficient (Wildman–Crippen LogP) is 2.67. The molecular formula is C14H21FN2O2S. The number of rotatable bonds is 3. The van der Waals surface area contributed by atoms with Crippen LogP contribution >= 0.6 is 0 Å². The topological polar surface area (TPSA) is 50.3 Å². The van der Waals surface area contributed by atoms with Gasteiger partial charge in [-0.3, -0.25) is 0 Å². The molecule has 0 radical (unpaired) electrons. The van der Waals surface area contributed by atoms with Crippen LogP contribution in [0.25, 0.3) is 0 Å². The summed E-state index contributed by atoms with van der Waals surface area (Å²) in [5.41, 5.74) is 0. The first-order valence-electron chi connectivity index (χ1n) is 7.03. The fourth-order valence-corrected chi connectivity index (χ4v) is 4.15. The summed E-state index contributed by atoms with van der Waals surface area (Å²) in [7, 11) is -3.82. The van der Waals surface area contributed by atoms with E-state index < -0.39 is 20.9 Å². The molecule has 0 spiro atoms. The second kappa shape index (κ2) is 6.18. The normalized spacial score (nSPS) is 21.9. The first-order valence-corrected chi connectivity index (χ1v) is 8.47. The van der Waals surface area contributed by atoms with Crippen LogP contribution in [0.3, 0.4) is 0 Å². The van der Waals surface area contributed by atoms with E-state index in [-0.39, 0.29) is 0 Å². The van der Waals surface area contributed by atoms with E-state index in [9.17, 15) is 12.8 Å². The molecule has 0 N–H and O–H groups in total. The van der Waals surface area contributed by atoms with Crippen molar-refractivity contribution >= 4 is 10.0 Å². The summed E-state index contributed by atoms with van der Waals surface area (Å²) in [6, 6.07) is 2.53. The summed E-state index contributed by atoms with van der Waals surface area (Å²) in [4.78, 5) is 3.71. The minimum atomic E-state index is -3.82. The summed E-state index contributed by atoms with van der Waals surface area (Å²) in [6.07, 6.45) is 3.97. The molecule has 112 valence electrons. The van der Waals surface area contributed by atoms with Crippen LogP contribution in [0.1, 0.15) is 33.1 Å². The molecule has 0 amide bonds. The summed E-state index contributed by atoms with van der Waals surface area (Å²) in [5.74, 6) is 0.296. The van der Waals surface area contributed by atoms with Crippen LogP contribution in [0.15, 0.2) is 23.4 Å². The lowest BCUT2D eigenvalue weighted by molar-refractivity contribution is 0.340. The molecule has 20 heavy (non-hydrogen) atoms. The van der Waals surface area contributed by atoms with E-state index in [2.05, 4.69) is 18.8 Å². The monoisotopic (exact) mass is 300 g/mol. The third-order valence-electron chi connectivity index (χ3n) is 3.98. The van der Waals surface area contributed by atoms with Crippen LogP contribution in [-0.4, -0.2) is 30.8 Å². The Morgan fingerprint density at radius 3 is 2.75 bits per heavy atom. The van der Waals surface area contributed by atoms with Crippen molar-refractivity contribution in [3.63, 3.8) is 0 Å². The third kappa shape index (κ3) is 3.17. The molecule has 6 heteroatoms. The Morgan fingerprint density at radius 1 is 1.35 bits per heavy atom. The van der Waals surface area contributed by atoms with Crippen molar-refractivity contribution in [1.29, 1.82) is 0 Å².